The predicted molar refractivity (Wildman–Crippen MR) is 69.0 cm³/mol. The second kappa shape index (κ2) is 5.77. The monoisotopic (exact) mass is 244 g/mol. The van der Waals surface area contributed by atoms with E-state index >= 15 is 0 Å². The number of unbranched alkanes of at least 4 members (excludes halogenated alkanes) is 1. The van der Waals surface area contributed by atoms with Gasteiger partial charge in [-0.25, -0.2) is 0 Å². The van der Waals surface area contributed by atoms with Crippen LogP contribution in [0.2, 0.25) is 5.02 Å². The molecule has 0 aliphatic carbocycles. The average molecular weight is 245 g/mol. The Labute approximate surface area is 103 Å². The van der Waals surface area contributed by atoms with Gasteiger partial charge in [0.15, 0.2) is 0 Å². The van der Waals surface area contributed by atoms with Crippen molar-refractivity contribution >= 4 is 23.2 Å². The molecule has 1 aromatic carbocycles. The van der Waals surface area contributed by atoms with Crippen LogP contribution in [0.1, 0.15) is 48.3 Å². The molecular weight excluding hydrogens is 227 g/mol. The summed E-state index contributed by atoms with van der Waals surface area (Å²) in [7, 11) is 0. The first-order valence-corrected chi connectivity index (χ1v) is 6.28. The minimum absolute atomic E-state index is 0.126. The summed E-state index contributed by atoms with van der Waals surface area (Å²) in [6, 6.07) is 4.12. The Morgan fingerprint density at radius 2 is 1.87 bits per heavy atom. The molecular formula is C13H18Cl2. The Morgan fingerprint density at radius 3 is 2.47 bits per heavy atom. The number of halogens is 2. The lowest BCUT2D eigenvalue weighted by atomic mass is 9.99. The number of hydrogen-bond acceptors (Lipinski definition) is 0. The minimum Gasteiger partial charge on any atom is -0.118 e. The van der Waals surface area contributed by atoms with Crippen molar-refractivity contribution in [2.75, 3.05) is 0 Å². The van der Waals surface area contributed by atoms with Gasteiger partial charge in [-0.3, -0.25) is 0 Å². The Hall–Kier alpha value is -0.200. The molecule has 1 unspecified atom stereocenters. The van der Waals surface area contributed by atoms with Crippen LogP contribution >= 0.6 is 23.2 Å². The Balaban J connectivity index is 2.88. The average Bonchev–Trinajstić information content (AvgIpc) is 2.20. The van der Waals surface area contributed by atoms with Crippen LogP contribution in [0.3, 0.4) is 0 Å². The van der Waals surface area contributed by atoms with Crippen LogP contribution in [-0.4, -0.2) is 0 Å². The summed E-state index contributed by atoms with van der Waals surface area (Å²) in [5.74, 6) is 0. The lowest BCUT2D eigenvalue weighted by molar-refractivity contribution is 0.698. The van der Waals surface area contributed by atoms with Crippen molar-refractivity contribution in [1.82, 2.24) is 0 Å². The van der Waals surface area contributed by atoms with Crippen LogP contribution in [0.5, 0.6) is 0 Å². The van der Waals surface area contributed by atoms with Gasteiger partial charge < -0.3 is 0 Å². The summed E-state index contributed by atoms with van der Waals surface area (Å²) in [5.41, 5.74) is 3.54. The lowest BCUT2D eigenvalue weighted by Crippen LogP contribution is -1.95. The first-order chi connectivity index (χ1) is 7.06. The van der Waals surface area contributed by atoms with Crippen LogP contribution in [0.15, 0.2) is 12.1 Å². The lowest BCUT2D eigenvalue weighted by Gasteiger charge is -2.14. The highest BCUT2D eigenvalue weighted by Gasteiger charge is 2.11. The van der Waals surface area contributed by atoms with Crippen molar-refractivity contribution < 1.29 is 0 Å². The molecule has 1 atom stereocenters. The molecule has 2 heteroatoms. The van der Waals surface area contributed by atoms with Gasteiger partial charge in [-0.1, -0.05) is 37.4 Å². The predicted octanol–water partition coefficient (Wildman–Crippen LogP) is 5.43. The van der Waals surface area contributed by atoms with E-state index in [1.807, 2.05) is 13.0 Å². The molecule has 0 saturated carbocycles. The van der Waals surface area contributed by atoms with Crippen molar-refractivity contribution in [2.45, 2.75) is 45.4 Å². The SMILES string of the molecule is CCCCC(Cl)c1cc(C)c(Cl)cc1C. The highest BCUT2D eigenvalue weighted by molar-refractivity contribution is 6.31. The van der Waals surface area contributed by atoms with Crippen molar-refractivity contribution in [2.24, 2.45) is 0 Å². The van der Waals surface area contributed by atoms with E-state index in [0.29, 0.717) is 0 Å². The van der Waals surface area contributed by atoms with Crippen LogP contribution in [-0.2, 0) is 0 Å². The molecule has 0 bridgehead atoms. The summed E-state index contributed by atoms with van der Waals surface area (Å²) in [6.45, 7) is 6.28. The van der Waals surface area contributed by atoms with E-state index in [4.69, 9.17) is 23.2 Å². The smallest absolute Gasteiger partial charge is 0.0587 e. The molecule has 1 aromatic rings. The summed E-state index contributed by atoms with van der Waals surface area (Å²) in [6.07, 6.45) is 3.41. The first kappa shape index (κ1) is 12.9. The maximum Gasteiger partial charge on any atom is 0.0587 e. The van der Waals surface area contributed by atoms with Gasteiger partial charge in [-0.05, 0) is 43.0 Å². The largest absolute Gasteiger partial charge is 0.118 e. The highest BCUT2D eigenvalue weighted by Crippen LogP contribution is 2.31. The molecule has 0 radical (unpaired) electrons. The van der Waals surface area contributed by atoms with E-state index in [1.165, 1.54) is 24.0 Å². The number of aryl methyl sites for hydroxylation is 2. The van der Waals surface area contributed by atoms with E-state index in [0.717, 1.165) is 17.0 Å². The second-order valence-corrected chi connectivity index (χ2v) is 5.00. The quantitative estimate of drug-likeness (QED) is 0.620. The van der Waals surface area contributed by atoms with Gasteiger partial charge in [0.25, 0.3) is 0 Å². The highest BCUT2D eigenvalue weighted by atomic mass is 35.5. The number of alkyl halides is 1. The van der Waals surface area contributed by atoms with Gasteiger partial charge in [0.05, 0.1) is 5.38 Å². The fraction of sp³-hybridized carbons (Fsp3) is 0.538. The molecule has 1 rings (SSSR count). The van der Waals surface area contributed by atoms with Crippen LogP contribution in [0, 0.1) is 13.8 Å². The molecule has 84 valence electrons. The third kappa shape index (κ3) is 3.39. The molecule has 0 aliphatic rings. The van der Waals surface area contributed by atoms with Crippen LogP contribution in [0.25, 0.3) is 0 Å². The van der Waals surface area contributed by atoms with E-state index in [-0.39, 0.29) is 5.38 Å². The minimum atomic E-state index is 0.126. The first-order valence-electron chi connectivity index (χ1n) is 5.47. The molecule has 0 heterocycles. The van der Waals surface area contributed by atoms with Gasteiger partial charge in [0.2, 0.25) is 0 Å². The zero-order valence-corrected chi connectivity index (χ0v) is 11.1. The maximum absolute atomic E-state index is 6.37. The van der Waals surface area contributed by atoms with Gasteiger partial charge in [-0.15, -0.1) is 11.6 Å². The summed E-state index contributed by atoms with van der Waals surface area (Å²) in [5, 5.41) is 0.955. The molecule has 0 N–H and O–H groups in total. The topological polar surface area (TPSA) is 0 Å². The standard InChI is InChI=1S/C13H18Cl2/c1-4-5-6-12(14)11-7-10(3)13(15)8-9(11)2/h7-8,12H,4-6H2,1-3H3. The van der Waals surface area contributed by atoms with Crippen molar-refractivity contribution in [3.63, 3.8) is 0 Å². The molecule has 0 nitrogen and oxygen atoms in total. The molecule has 0 aliphatic heterocycles. The van der Waals surface area contributed by atoms with E-state index < -0.39 is 0 Å². The molecule has 0 spiro atoms. The Morgan fingerprint density at radius 1 is 1.20 bits per heavy atom. The fourth-order valence-corrected chi connectivity index (χ4v) is 2.29. The van der Waals surface area contributed by atoms with Gasteiger partial charge in [0.1, 0.15) is 0 Å². The molecule has 0 amide bonds. The zero-order valence-electron chi connectivity index (χ0n) is 9.61. The summed E-state index contributed by atoms with van der Waals surface area (Å²) in [4.78, 5) is 0. The van der Waals surface area contributed by atoms with Crippen molar-refractivity contribution in [3.8, 4) is 0 Å². The Bertz CT molecular complexity index is 332. The third-order valence-electron chi connectivity index (χ3n) is 2.70. The zero-order chi connectivity index (χ0) is 11.4. The van der Waals surface area contributed by atoms with Crippen LogP contribution in [0.4, 0.5) is 0 Å². The van der Waals surface area contributed by atoms with E-state index in [9.17, 15) is 0 Å². The molecule has 15 heavy (non-hydrogen) atoms. The fourth-order valence-electron chi connectivity index (χ4n) is 1.68. The number of benzene rings is 1. The molecule has 0 fully saturated rings. The number of hydrogen-bond donors (Lipinski definition) is 0. The summed E-state index contributed by atoms with van der Waals surface area (Å²) < 4.78 is 0. The van der Waals surface area contributed by atoms with Gasteiger partial charge in [0, 0.05) is 5.02 Å². The summed E-state index contributed by atoms with van der Waals surface area (Å²) >= 11 is 12.4. The van der Waals surface area contributed by atoms with Gasteiger partial charge >= 0.3 is 0 Å². The van der Waals surface area contributed by atoms with Gasteiger partial charge in [-0.2, -0.15) is 0 Å². The van der Waals surface area contributed by atoms with Crippen LogP contribution < -0.4 is 0 Å². The van der Waals surface area contributed by atoms with E-state index in [2.05, 4.69) is 19.9 Å². The normalized spacial score (nSPS) is 12.9. The molecule has 0 aromatic heterocycles. The van der Waals surface area contributed by atoms with E-state index in [1.54, 1.807) is 0 Å². The van der Waals surface area contributed by atoms with Crippen molar-refractivity contribution in [3.05, 3.63) is 33.8 Å². The maximum atomic E-state index is 6.37. The van der Waals surface area contributed by atoms with Crippen molar-refractivity contribution in [1.29, 1.82) is 0 Å². The third-order valence-corrected chi connectivity index (χ3v) is 3.56. The molecule has 0 saturated heterocycles. The second-order valence-electron chi connectivity index (χ2n) is 4.07. The Kier molecular flexibility index (Phi) is 4.95. The number of rotatable bonds is 4.